The van der Waals surface area contributed by atoms with Crippen LogP contribution in [-0.4, -0.2) is 7.05 Å². The minimum absolute atomic E-state index is 0.00461. The van der Waals surface area contributed by atoms with Crippen molar-refractivity contribution in [2.24, 2.45) is 0 Å². The van der Waals surface area contributed by atoms with E-state index in [9.17, 15) is 8.78 Å². The van der Waals surface area contributed by atoms with Crippen molar-refractivity contribution in [1.29, 1.82) is 0 Å². The number of rotatable bonds is 4. The van der Waals surface area contributed by atoms with Crippen LogP contribution in [-0.2, 0) is 0 Å². The molecule has 0 amide bonds. The molecule has 2 rings (SSSR count). The predicted octanol–water partition coefficient (Wildman–Crippen LogP) is 4.40. The van der Waals surface area contributed by atoms with E-state index in [-0.39, 0.29) is 17.7 Å². The van der Waals surface area contributed by atoms with E-state index in [0.29, 0.717) is 9.79 Å². The van der Waals surface area contributed by atoms with Crippen LogP contribution in [0.5, 0.6) is 0 Å². The van der Waals surface area contributed by atoms with Crippen LogP contribution < -0.4 is 5.32 Å². The zero-order valence-corrected chi connectivity index (χ0v) is 11.6. The molecule has 0 fully saturated rings. The van der Waals surface area contributed by atoms with E-state index >= 15 is 0 Å². The second kappa shape index (κ2) is 6.17. The van der Waals surface area contributed by atoms with Crippen LogP contribution in [0, 0.1) is 11.6 Å². The summed E-state index contributed by atoms with van der Waals surface area (Å²) in [5, 5.41) is 3.08. The van der Waals surface area contributed by atoms with Gasteiger partial charge in [0, 0.05) is 10.9 Å². The van der Waals surface area contributed by atoms with Gasteiger partial charge in [0.2, 0.25) is 0 Å². The Hall–Kier alpha value is -1.39. The molecule has 2 aromatic carbocycles. The minimum Gasteiger partial charge on any atom is -0.313 e. The maximum absolute atomic E-state index is 14.0. The summed E-state index contributed by atoms with van der Waals surface area (Å²) in [6.45, 7) is 1.94. The second-order valence-electron chi connectivity index (χ2n) is 4.20. The summed E-state index contributed by atoms with van der Waals surface area (Å²) in [7, 11) is 1.81. The molecule has 0 aromatic heterocycles. The summed E-state index contributed by atoms with van der Waals surface area (Å²) >= 11 is 1.12. The molecule has 0 radical (unpaired) electrons. The van der Waals surface area contributed by atoms with Crippen molar-refractivity contribution in [2.75, 3.05) is 7.05 Å². The standard InChI is InChI=1S/C15H15F2NS/c1-10(18-2)11-6-5-8-13(17)15(11)19-14-9-4-3-7-12(14)16/h3-10,18H,1-2H3. The molecular weight excluding hydrogens is 264 g/mol. The van der Waals surface area contributed by atoms with Gasteiger partial charge >= 0.3 is 0 Å². The first kappa shape index (κ1) is 14.0. The van der Waals surface area contributed by atoms with Crippen LogP contribution in [0.15, 0.2) is 52.3 Å². The number of hydrogen-bond acceptors (Lipinski definition) is 2. The van der Waals surface area contributed by atoms with Gasteiger partial charge in [0.25, 0.3) is 0 Å². The first-order chi connectivity index (χ1) is 9.13. The Morgan fingerprint density at radius 1 is 1.00 bits per heavy atom. The monoisotopic (exact) mass is 279 g/mol. The molecule has 4 heteroatoms. The van der Waals surface area contributed by atoms with E-state index in [2.05, 4.69) is 5.32 Å². The predicted molar refractivity (Wildman–Crippen MR) is 74.4 cm³/mol. The van der Waals surface area contributed by atoms with Gasteiger partial charge in [0.1, 0.15) is 11.6 Å². The lowest BCUT2D eigenvalue weighted by molar-refractivity contribution is 0.574. The van der Waals surface area contributed by atoms with Crippen molar-refractivity contribution in [3.63, 3.8) is 0 Å². The quantitative estimate of drug-likeness (QED) is 0.890. The van der Waals surface area contributed by atoms with Gasteiger partial charge in [-0.3, -0.25) is 0 Å². The largest absolute Gasteiger partial charge is 0.313 e. The molecule has 100 valence electrons. The molecule has 0 bridgehead atoms. The maximum atomic E-state index is 14.0. The van der Waals surface area contributed by atoms with Gasteiger partial charge in [-0.2, -0.15) is 0 Å². The molecular formula is C15H15F2NS. The van der Waals surface area contributed by atoms with Crippen LogP contribution >= 0.6 is 11.8 Å². The van der Waals surface area contributed by atoms with E-state index < -0.39 is 0 Å². The molecule has 0 saturated carbocycles. The van der Waals surface area contributed by atoms with E-state index in [4.69, 9.17) is 0 Å². The summed E-state index contributed by atoms with van der Waals surface area (Å²) in [5.74, 6) is -0.660. The summed E-state index contributed by atoms with van der Waals surface area (Å²) < 4.78 is 27.7. The number of benzene rings is 2. The molecule has 1 unspecified atom stereocenters. The smallest absolute Gasteiger partial charge is 0.137 e. The molecule has 0 aliphatic carbocycles. The molecule has 0 aliphatic rings. The summed E-state index contributed by atoms with van der Waals surface area (Å²) in [5.41, 5.74) is 0.829. The lowest BCUT2D eigenvalue weighted by atomic mass is 10.1. The third kappa shape index (κ3) is 3.14. The zero-order valence-electron chi connectivity index (χ0n) is 10.8. The zero-order chi connectivity index (χ0) is 13.8. The Morgan fingerprint density at radius 2 is 1.68 bits per heavy atom. The molecule has 0 heterocycles. The normalized spacial score (nSPS) is 12.4. The van der Waals surface area contributed by atoms with Crippen LogP contribution in [0.25, 0.3) is 0 Å². The Labute approximate surface area is 116 Å². The van der Waals surface area contributed by atoms with Crippen molar-refractivity contribution in [2.45, 2.75) is 22.8 Å². The molecule has 1 atom stereocenters. The second-order valence-corrected chi connectivity index (χ2v) is 5.25. The van der Waals surface area contributed by atoms with Gasteiger partial charge in [0.15, 0.2) is 0 Å². The van der Waals surface area contributed by atoms with Gasteiger partial charge in [-0.15, -0.1) is 0 Å². The highest BCUT2D eigenvalue weighted by Gasteiger charge is 2.15. The lowest BCUT2D eigenvalue weighted by Gasteiger charge is -2.16. The topological polar surface area (TPSA) is 12.0 Å². The van der Waals surface area contributed by atoms with E-state index in [1.807, 2.05) is 20.0 Å². The van der Waals surface area contributed by atoms with Gasteiger partial charge in [-0.05, 0) is 37.7 Å². The fraction of sp³-hybridized carbons (Fsp3) is 0.200. The van der Waals surface area contributed by atoms with Crippen molar-refractivity contribution < 1.29 is 8.78 Å². The van der Waals surface area contributed by atoms with Crippen LogP contribution in [0.1, 0.15) is 18.5 Å². The van der Waals surface area contributed by atoms with Crippen LogP contribution in [0.2, 0.25) is 0 Å². The average Bonchev–Trinajstić information content (AvgIpc) is 2.42. The maximum Gasteiger partial charge on any atom is 0.137 e. The first-order valence-corrected chi connectivity index (χ1v) is 6.83. The highest BCUT2D eigenvalue weighted by atomic mass is 32.2. The molecule has 0 spiro atoms. The van der Waals surface area contributed by atoms with Gasteiger partial charge in [-0.25, -0.2) is 8.78 Å². The molecule has 2 aromatic rings. The lowest BCUT2D eigenvalue weighted by Crippen LogP contribution is -2.13. The SMILES string of the molecule is CNC(C)c1cccc(F)c1Sc1ccccc1F. The Morgan fingerprint density at radius 3 is 2.37 bits per heavy atom. The van der Waals surface area contributed by atoms with E-state index in [1.165, 1.54) is 12.1 Å². The van der Waals surface area contributed by atoms with Crippen molar-refractivity contribution >= 4 is 11.8 Å². The molecule has 1 nitrogen and oxygen atoms in total. The Balaban J connectivity index is 2.42. The van der Waals surface area contributed by atoms with E-state index in [0.717, 1.165) is 17.3 Å². The fourth-order valence-electron chi connectivity index (χ4n) is 1.77. The molecule has 1 N–H and O–H groups in total. The highest BCUT2D eigenvalue weighted by molar-refractivity contribution is 7.99. The first-order valence-electron chi connectivity index (χ1n) is 6.01. The average molecular weight is 279 g/mol. The third-order valence-electron chi connectivity index (χ3n) is 2.95. The molecule has 0 aliphatic heterocycles. The van der Waals surface area contributed by atoms with Gasteiger partial charge in [0.05, 0.1) is 4.90 Å². The number of halogens is 2. The Bertz CT molecular complexity index is 572. The number of hydrogen-bond donors (Lipinski definition) is 1. The number of nitrogens with one attached hydrogen (secondary N) is 1. The van der Waals surface area contributed by atoms with Crippen molar-refractivity contribution in [3.05, 3.63) is 59.7 Å². The van der Waals surface area contributed by atoms with E-state index in [1.54, 1.807) is 24.3 Å². The summed E-state index contributed by atoms with van der Waals surface area (Å²) in [6.07, 6.45) is 0. The van der Waals surface area contributed by atoms with Crippen molar-refractivity contribution in [3.8, 4) is 0 Å². The minimum atomic E-state index is -0.334. The fourth-order valence-corrected chi connectivity index (χ4v) is 2.83. The molecule has 0 saturated heterocycles. The summed E-state index contributed by atoms with van der Waals surface area (Å²) in [4.78, 5) is 0.895. The molecule has 19 heavy (non-hydrogen) atoms. The van der Waals surface area contributed by atoms with Crippen LogP contribution in [0.4, 0.5) is 8.78 Å². The summed E-state index contributed by atoms with van der Waals surface area (Å²) in [6, 6.07) is 11.3. The Kier molecular flexibility index (Phi) is 4.56. The van der Waals surface area contributed by atoms with Crippen molar-refractivity contribution in [1.82, 2.24) is 5.32 Å². The van der Waals surface area contributed by atoms with Gasteiger partial charge in [-0.1, -0.05) is 36.0 Å². The van der Waals surface area contributed by atoms with Gasteiger partial charge < -0.3 is 5.32 Å². The highest BCUT2D eigenvalue weighted by Crippen LogP contribution is 2.36. The third-order valence-corrected chi connectivity index (χ3v) is 4.13. The van der Waals surface area contributed by atoms with Crippen LogP contribution in [0.3, 0.4) is 0 Å².